The van der Waals surface area contributed by atoms with Crippen molar-refractivity contribution in [2.24, 2.45) is 11.8 Å². The SMILES string of the molecule is Cc1cccc(C(=O)N2CC3CC(C2)CN(c2cnc4cc(F)c(F)cc4n2)C3)c1-c1ccccc1. The third kappa shape index (κ3) is 4.08. The molecular weight excluding hydrogens is 458 g/mol. The number of rotatable bonds is 3. The van der Waals surface area contributed by atoms with Crippen molar-refractivity contribution in [3.05, 3.63) is 89.6 Å². The quantitative estimate of drug-likeness (QED) is 0.386. The highest BCUT2D eigenvalue weighted by molar-refractivity contribution is 6.01. The number of carbonyl (C=O) groups excluding carboxylic acids is 1. The number of nitrogens with zero attached hydrogens (tertiary/aromatic N) is 4. The van der Waals surface area contributed by atoms with Crippen LogP contribution >= 0.6 is 0 Å². The molecule has 1 amide bonds. The van der Waals surface area contributed by atoms with Gasteiger partial charge in [0.15, 0.2) is 11.6 Å². The summed E-state index contributed by atoms with van der Waals surface area (Å²) in [6.07, 6.45) is 2.68. The van der Waals surface area contributed by atoms with Gasteiger partial charge in [0.25, 0.3) is 5.91 Å². The molecule has 5 nitrogen and oxygen atoms in total. The van der Waals surface area contributed by atoms with Gasteiger partial charge in [0.2, 0.25) is 0 Å². The van der Waals surface area contributed by atoms with Gasteiger partial charge in [0.05, 0.1) is 17.2 Å². The van der Waals surface area contributed by atoms with Gasteiger partial charge in [-0.05, 0) is 47.9 Å². The van der Waals surface area contributed by atoms with Crippen molar-refractivity contribution < 1.29 is 13.6 Å². The minimum atomic E-state index is -0.926. The van der Waals surface area contributed by atoms with E-state index >= 15 is 0 Å². The van der Waals surface area contributed by atoms with Crippen LogP contribution in [0.25, 0.3) is 22.2 Å². The maximum Gasteiger partial charge on any atom is 0.254 e. The number of aromatic nitrogens is 2. The van der Waals surface area contributed by atoms with Crippen LogP contribution in [0, 0.1) is 30.4 Å². The summed E-state index contributed by atoms with van der Waals surface area (Å²) in [5.74, 6) is -0.519. The fourth-order valence-electron chi connectivity index (χ4n) is 5.79. The second-order valence-corrected chi connectivity index (χ2v) is 9.93. The molecule has 2 aliphatic rings. The molecule has 4 aromatic rings. The first-order valence-electron chi connectivity index (χ1n) is 12.3. The fourth-order valence-corrected chi connectivity index (χ4v) is 5.79. The first-order valence-corrected chi connectivity index (χ1v) is 12.3. The third-order valence-electron chi connectivity index (χ3n) is 7.33. The molecule has 2 bridgehead atoms. The topological polar surface area (TPSA) is 49.3 Å². The number of benzene rings is 3. The first kappa shape index (κ1) is 22.6. The number of halogens is 2. The van der Waals surface area contributed by atoms with Crippen LogP contribution in [0.2, 0.25) is 0 Å². The molecule has 2 atom stereocenters. The minimum Gasteiger partial charge on any atom is -0.355 e. The Kier molecular flexibility index (Phi) is 5.63. The van der Waals surface area contributed by atoms with E-state index in [0.717, 1.165) is 53.9 Å². The summed E-state index contributed by atoms with van der Waals surface area (Å²) < 4.78 is 27.3. The highest BCUT2D eigenvalue weighted by Gasteiger charge is 2.37. The van der Waals surface area contributed by atoms with Crippen LogP contribution < -0.4 is 4.90 Å². The number of hydrogen-bond acceptors (Lipinski definition) is 4. The lowest BCUT2D eigenvalue weighted by atomic mass is 9.84. The Labute approximate surface area is 208 Å². The zero-order valence-electron chi connectivity index (χ0n) is 20.0. The molecular formula is C29H26F2N4O. The number of hydrogen-bond donors (Lipinski definition) is 0. The number of amides is 1. The second kappa shape index (κ2) is 8.97. The third-order valence-corrected chi connectivity index (χ3v) is 7.33. The van der Waals surface area contributed by atoms with Crippen molar-refractivity contribution in [1.82, 2.24) is 14.9 Å². The van der Waals surface area contributed by atoms with Crippen molar-refractivity contribution in [3.63, 3.8) is 0 Å². The lowest BCUT2D eigenvalue weighted by Crippen LogP contribution is -2.54. The lowest BCUT2D eigenvalue weighted by molar-refractivity contribution is 0.0565. The van der Waals surface area contributed by atoms with E-state index in [0.29, 0.717) is 41.8 Å². The zero-order chi connectivity index (χ0) is 24.8. The monoisotopic (exact) mass is 484 g/mol. The molecule has 0 aliphatic carbocycles. The van der Waals surface area contributed by atoms with Crippen LogP contribution in [0.3, 0.4) is 0 Å². The summed E-state index contributed by atoms with van der Waals surface area (Å²) >= 11 is 0. The van der Waals surface area contributed by atoms with Crippen molar-refractivity contribution in [3.8, 4) is 11.1 Å². The first-order chi connectivity index (χ1) is 17.5. The predicted molar refractivity (Wildman–Crippen MR) is 136 cm³/mol. The molecule has 0 N–H and O–H groups in total. The average Bonchev–Trinajstić information content (AvgIpc) is 2.88. The summed E-state index contributed by atoms with van der Waals surface area (Å²) in [6.45, 7) is 4.88. The Bertz CT molecular complexity index is 1440. The highest BCUT2D eigenvalue weighted by Crippen LogP contribution is 2.34. The van der Waals surface area contributed by atoms with E-state index in [-0.39, 0.29) is 5.91 Å². The molecule has 0 saturated carbocycles. The maximum atomic E-state index is 13.8. The Morgan fingerprint density at radius 1 is 0.889 bits per heavy atom. The van der Waals surface area contributed by atoms with Crippen LogP contribution in [-0.2, 0) is 0 Å². The molecule has 2 fully saturated rings. The van der Waals surface area contributed by atoms with E-state index in [1.165, 1.54) is 0 Å². The highest BCUT2D eigenvalue weighted by atomic mass is 19.2. The summed E-state index contributed by atoms with van der Waals surface area (Å²) in [5, 5.41) is 0. The van der Waals surface area contributed by atoms with E-state index in [2.05, 4.69) is 14.9 Å². The van der Waals surface area contributed by atoms with Gasteiger partial charge < -0.3 is 9.80 Å². The number of fused-ring (bicyclic) bond motifs is 3. The Hall–Kier alpha value is -3.87. The Balaban J connectivity index is 1.23. The molecule has 1 aromatic heterocycles. The van der Waals surface area contributed by atoms with Crippen LogP contribution in [0.15, 0.2) is 66.9 Å². The minimum absolute atomic E-state index is 0.0729. The van der Waals surface area contributed by atoms with Gasteiger partial charge in [-0.25, -0.2) is 13.8 Å². The maximum absolute atomic E-state index is 13.8. The van der Waals surface area contributed by atoms with E-state index in [1.54, 1.807) is 6.20 Å². The molecule has 182 valence electrons. The van der Waals surface area contributed by atoms with Gasteiger partial charge >= 0.3 is 0 Å². The molecule has 7 heteroatoms. The second-order valence-electron chi connectivity index (χ2n) is 9.93. The van der Waals surface area contributed by atoms with Gasteiger partial charge in [-0.15, -0.1) is 0 Å². The van der Waals surface area contributed by atoms with Crippen molar-refractivity contribution in [1.29, 1.82) is 0 Å². The zero-order valence-corrected chi connectivity index (χ0v) is 20.0. The van der Waals surface area contributed by atoms with Crippen LogP contribution in [-0.4, -0.2) is 47.0 Å². The van der Waals surface area contributed by atoms with Crippen LogP contribution in [0.4, 0.5) is 14.6 Å². The molecule has 2 aliphatic heterocycles. The van der Waals surface area contributed by atoms with Crippen molar-refractivity contribution in [2.75, 3.05) is 31.1 Å². The summed E-state index contributed by atoms with van der Waals surface area (Å²) in [6, 6.07) is 18.2. The summed E-state index contributed by atoms with van der Waals surface area (Å²) in [5.41, 5.74) is 4.55. The number of piperidine rings is 2. The smallest absolute Gasteiger partial charge is 0.254 e. The number of likely N-dealkylation sites (tertiary alicyclic amines) is 1. The standard InChI is InChI=1S/C29H26F2N4O/c1-18-6-5-9-22(28(18)21-7-3-2-4-8-21)29(36)35-16-19-10-20(17-35)15-34(14-19)27-13-32-25-11-23(30)24(31)12-26(25)33-27/h2-9,11-13,19-20H,10,14-17H2,1H3. The van der Waals surface area contributed by atoms with Gasteiger partial charge in [-0.1, -0.05) is 42.5 Å². The fraction of sp³-hybridized carbons (Fsp3) is 0.276. The van der Waals surface area contributed by atoms with E-state index in [1.807, 2.05) is 60.4 Å². The number of carbonyl (C=O) groups is 1. The normalized spacial score (nSPS) is 19.5. The number of anilines is 1. The molecule has 2 saturated heterocycles. The van der Waals surface area contributed by atoms with Gasteiger partial charge in [0, 0.05) is 43.9 Å². The largest absolute Gasteiger partial charge is 0.355 e. The Morgan fingerprint density at radius 2 is 1.58 bits per heavy atom. The molecule has 3 heterocycles. The molecule has 3 aromatic carbocycles. The number of aryl methyl sites for hydroxylation is 1. The van der Waals surface area contributed by atoms with E-state index < -0.39 is 11.6 Å². The van der Waals surface area contributed by atoms with Gasteiger partial charge in [0.1, 0.15) is 5.82 Å². The summed E-state index contributed by atoms with van der Waals surface area (Å²) in [7, 11) is 0. The lowest BCUT2D eigenvalue weighted by Gasteiger charge is -2.46. The van der Waals surface area contributed by atoms with Crippen molar-refractivity contribution >= 4 is 22.8 Å². The van der Waals surface area contributed by atoms with Crippen LogP contribution in [0.5, 0.6) is 0 Å². The van der Waals surface area contributed by atoms with E-state index in [9.17, 15) is 13.6 Å². The molecule has 2 unspecified atom stereocenters. The molecule has 6 rings (SSSR count). The van der Waals surface area contributed by atoms with Crippen LogP contribution in [0.1, 0.15) is 22.3 Å². The Morgan fingerprint density at radius 3 is 2.31 bits per heavy atom. The molecule has 36 heavy (non-hydrogen) atoms. The van der Waals surface area contributed by atoms with E-state index in [4.69, 9.17) is 0 Å². The average molecular weight is 485 g/mol. The van der Waals surface area contributed by atoms with Gasteiger partial charge in [-0.3, -0.25) is 9.78 Å². The molecule has 0 radical (unpaired) electrons. The molecule has 0 spiro atoms. The van der Waals surface area contributed by atoms with Gasteiger partial charge in [-0.2, -0.15) is 0 Å². The predicted octanol–water partition coefficient (Wildman–Crippen LogP) is 5.48. The summed E-state index contributed by atoms with van der Waals surface area (Å²) in [4.78, 5) is 26.8. The van der Waals surface area contributed by atoms with Crippen molar-refractivity contribution in [2.45, 2.75) is 13.3 Å².